The zero-order chi connectivity index (χ0) is 13.8. The monoisotopic (exact) mass is 288 g/mol. The summed E-state index contributed by atoms with van der Waals surface area (Å²) in [5.74, 6) is 0.682. The van der Waals surface area contributed by atoms with Crippen molar-refractivity contribution in [2.45, 2.75) is 18.9 Å². The molecule has 2 atom stereocenters. The molecule has 2 rings (SSSR count). The molecule has 0 spiro atoms. The number of rotatable bonds is 3. The number of carbonyl (C=O) groups is 2. The third-order valence-corrected chi connectivity index (χ3v) is 4.78. The van der Waals surface area contributed by atoms with Gasteiger partial charge in [-0.2, -0.15) is 11.8 Å². The summed E-state index contributed by atoms with van der Waals surface area (Å²) in [6.07, 6.45) is 1.61. The van der Waals surface area contributed by atoms with Crippen molar-refractivity contribution in [2.75, 3.05) is 37.7 Å². The van der Waals surface area contributed by atoms with Gasteiger partial charge in [-0.1, -0.05) is 0 Å². The van der Waals surface area contributed by atoms with Crippen molar-refractivity contribution < 1.29 is 19.8 Å². The van der Waals surface area contributed by atoms with Crippen molar-refractivity contribution in [2.24, 2.45) is 5.92 Å². The Labute approximate surface area is 116 Å². The molecule has 2 aliphatic rings. The minimum atomic E-state index is -0.924. The molecule has 19 heavy (non-hydrogen) atoms. The molecule has 0 aromatic carbocycles. The van der Waals surface area contributed by atoms with Crippen LogP contribution in [0.15, 0.2) is 0 Å². The van der Waals surface area contributed by atoms with Crippen molar-refractivity contribution in [3.8, 4) is 0 Å². The minimum absolute atomic E-state index is 0.144. The van der Waals surface area contributed by atoms with Crippen LogP contribution in [0.1, 0.15) is 12.8 Å². The van der Waals surface area contributed by atoms with Crippen molar-refractivity contribution >= 4 is 23.8 Å². The molecule has 0 radical (unpaired) electrons. The highest BCUT2D eigenvalue weighted by Crippen LogP contribution is 2.23. The molecule has 7 heteroatoms. The van der Waals surface area contributed by atoms with Gasteiger partial charge < -0.3 is 20.0 Å². The molecular weight excluding hydrogens is 268 g/mol. The first-order valence-electron chi connectivity index (χ1n) is 6.60. The highest BCUT2D eigenvalue weighted by atomic mass is 32.2. The number of carboxylic acid groups (broad SMARTS) is 1. The summed E-state index contributed by atoms with van der Waals surface area (Å²) in [4.78, 5) is 26.8. The highest BCUT2D eigenvalue weighted by Gasteiger charge is 2.36. The molecule has 6 nitrogen and oxygen atoms in total. The maximum Gasteiger partial charge on any atom is 0.327 e. The topological polar surface area (TPSA) is 81.1 Å². The van der Waals surface area contributed by atoms with Gasteiger partial charge in [0, 0.05) is 37.7 Å². The number of carboxylic acids is 1. The standard InChI is InChI=1S/C12H20N2O4S/c15-5-2-9-1-3-13(7-9)12(18)14-4-6-19-8-10(14)11(16)17/h9-10,15H,1-8H2,(H,16,17). The number of hydrogen-bond acceptors (Lipinski definition) is 4. The summed E-state index contributed by atoms with van der Waals surface area (Å²) >= 11 is 1.58. The lowest BCUT2D eigenvalue weighted by Crippen LogP contribution is -2.54. The zero-order valence-electron chi connectivity index (χ0n) is 10.8. The van der Waals surface area contributed by atoms with Crippen LogP contribution in [0.4, 0.5) is 4.79 Å². The molecule has 108 valence electrons. The Bertz CT molecular complexity index is 353. The summed E-state index contributed by atoms with van der Waals surface area (Å²) in [5.41, 5.74) is 0. The smallest absolute Gasteiger partial charge is 0.327 e. The Morgan fingerprint density at radius 3 is 2.79 bits per heavy atom. The molecule has 0 bridgehead atoms. The van der Waals surface area contributed by atoms with Crippen LogP contribution in [-0.4, -0.2) is 75.8 Å². The van der Waals surface area contributed by atoms with E-state index < -0.39 is 12.0 Å². The van der Waals surface area contributed by atoms with Crippen LogP contribution in [0, 0.1) is 5.92 Å². The molecular formula is C12H20N2O4S. The van der Waals surface area contributed by atoms with Gasteiger partial charge in [0.2, 0.25) is 0 Å². The predicted molar refractivity (Wildman–Crippen MR) is 72.2 cm³/mol. The number of aliphatic hydroxyl groups is 1. The fourth-order valence-electron chi connectivity index (χ4n) is 2.64. The minimum Gasteiger partial charge on any atom is -0.480 e. The van der Waals surface area contributed by atoms with Crippen molar-refractivity contribution in [3.05, 3.63) is 0 Å². The first kappa shape index (κ1) is 14.5. The molecule has 2 unspecified atom stereocenters. The molecule has 0 aromatic rings. The number of nitrogens with zero attached hydrogens (tertiary/aromatic N) is 2. The van der Waals surface area contributed by atoms with E-state index in [1.165, 1.54) is 4.90 Å². The molecule has 2 heterocycles. The summed E-state index contributed by atoms with van der Waals surface area (Å²) in [6.45, 7) is 1.95. The number of carbonyl (C=O) groups excluding carboxylic acids is 1. The van der Waals surface area contributed by atoms with E-state index in [1.54, 1.807) is 16.7 Å². The number of hydrogen-bond donors (Lipinski definition) is 2. The van der Waals surface area contributed by atoms with Gasteiger partial charge in [-0.15, -0.1) is 0 Å². The van der Waals surface area contributed by atoms with Crippen LogP contribution < -0.4 is 0 Å². The molecule has 2 aliphatic heterocycles. The zero-order valence-corrected chi connectivity index (χ0v) is 11.6. The third kappa shape index (κ3) is 3.33. The molecule has 0 aliphatic carbocycles. The number of likely N-dealkylation sites (tertiary alicyclic amines) is 1. The SMILES string of the molecule is O=C(O)C1CSCCN1C(=O)N1CCC(CCO)C1. The van der Waals surface area contributed by atoms with E-state index in [0.29, 0.717) is 37.7 Å². The molecule has 2 saturated heterocycles. The van der Waals surface area contributed by atoms with Crippen LogP contribution in [0.3, 0.4) is 0 Å². The lowest BCUT2D eigenvalue weighted by atomic mass is 10.1. The summed E-state index contributed by atoms with van der Waals surface area (Å²) in [6, 6.07) is -0.865. The van der Waals surface area contributed by atoms with Crippen molar-refractivity contribution in [1.29, 1.82) is 0 Å². The Kier molecular flexibility index (Phi) is 4.93. The average molecular weight is 288 g/mol. The largest absolute Gasteiger partial charge is 0.480 e. The van der Waals surface area contributed by atoms with Crippen LogP contribution in [0.25, 0.3) is 0 Å². The first-order chi connectivity index (χ1) is 9.13. The fraction of sp³-hybridized carbons (Fsp3) is 0.833. The van der Waals surface area contributed by atoms with Crippen LogP contribution in [0.5, 0.6) is 0 Å². The summed E-state index contributed by atoms with van der Waals surface area (Å²) in [5, 5.41) is 18.1. The van der Waals surface area contributed by atoms with Gasteiger partial charge in [0.1, 0.15) is 6.04 Å². The lowest BCUT2D eigenvalue weighted by molar-refractivity contribution is -0.141. The second-order valence-electron chi connectivity index (χ2n) is 5.02. The predicted octanol–water partition coefficient (Wildman–Crippen LogP) is 0.313. The van der Waals surface area contributed by atoms with Gasteiger partial charge in [-0.05, 0) is 18.8 Å². The maximum absolute atomic E-state index is 12.4. The van der Waals surface area contributed by atoms with E-state index >= 15 is 0 Å². The van der Waals surface area contributed by atoms with Crippen LogP contribution in [-0.2, 0) is 4.79 Å². The Morgan fingerprint density at radius 2 is 2.11 bits per heavy atom. The van der Waals surface area contributed by atoms with Crippen molar-refractivity contribution in [3.63, 3.8) is 0 Å². The summed E-state index contributed by atoms with van der Waals surface area (Å²) in [7, 11) is 0. The van der Waals surface area contributed by atoms with E-state index in [4.69, 9.17) is 5.11 Å². The quantitative estimate of drug-likeness (QED) is 0.781. The van der Waals surface area contributed by atoms with E-state index in [-0.39, 0.29) is 12.6 Å². The first-order valence-corrected chi connectivity index (χ1v) is 7.76. The van der Waals surface area contributed by atoms with Gasteiger partial charge in [-0.25, -0.2) is 9.59 Å². The lowest BCUT2D eigenvalue weighted by Gasteiger charge is -2.35. The van der Waals surface area contributed by atoms with Gasteiger partial charge >= 0.3 is 12.0 Å². The maximum atomic E-state index is 12.4. The number of thioether (sulfide) groups is 1. The fourth-order valence-corrected chi connectivity index (χ4v) is 3.68. The van der Waals surface area contributed by atoms with E-state index in [9.17, 15) is 14.7 Å². The Hall–Kier alpha value is -0.950. The molecule has 2 amide bonds. The number of aliphatic hydroxyl groups excluding tert-OH is 1. The van der Waals surface area contributed by atoms with Gasteiger partial charge in [0.05, 0.1) is 0 Å². The second kappa shape index (κ2) is 6.47. The summed E-state index contributed by atoms with van der Waals surface area (Å²) < 4.78 is 0. The van der Waals surface area contributed by atoms with Crippen LogP contribution >= 0.6 is 11.8 Å². The van der Waals surface area contributed by atoms with Gasteiger partial charge in [0.25, 0.3) is 0 Å². The molecule has 2 N–H and O–H groups in total. The van der Waals surface area contributed by atoms with Crippen molar-refractivity contribution in [1.82, 2.24) is 9.80 Å². The van der Waals surface area contributed by atoms with E-state index in [1.807, 2.05) is 0 Å². The van der Waals surface area contributed by atoms with E-state index in [2.05, 4.69) is 0 Å². The van der Waals surface area contributed by atoms with Crippen LogP contribution in [0.2, 0.25) is 0 Å². The average Bonchev–Trinajstić information content (AvgIpc) is 2.87. The highest BCUT2D eigenvalue weighted by molar-refractivity contribution is 7.99. The normalized spacial score (nSPS) is 27.6. The molecule has 2 fully saturated rings. The van der Waals surface area contributed by atoms with Gasteiger partial charge in [0.15, 0.2) is 0 Å². The van der Waals surface area contributed by atoms with Gasteiger partial charge in [-0.3, -0.25) is 0 Å². The second-order valence-corrected chi connectivity index (χ2v) is 6.17. The molecule has 0 aromatic heterocycles. The third-order valence-electron chi connectivity index (χ3n) is 3.75. The number of urea groups is 1. The number of aliphatic carboxylic acids is 1. The Morgan fingerprint density at radius 1 is 1.32 bits per heavy atom. The molecule has 0 saturated carbocycles. The Balaban J connectivity index is 1.96. The van der Waals surface area contributed by atoms with E-state index in [0.717, 1.165) is 12.2 Å². The number of amides is 2.